The van der Waals surface area contributed by atoms with Crippen LogP contribution in [-0.4, -0.2) is 91.1 Å². The van der Waals surface area contributed by atoms with Crippen molar-refractivity contribution in [3.8, 4) is 16.9 Å². The Morgan fingerprint density at radius 2 is 1.77 bits per heavy atom. The van der Waals surface area contributed by atoms with Crippen LogP contribution >= 0.6 is 0 Å². The zero-order chi connectivity index (χ0) is 44.8. The lowest BCUT2D eigenvalue weighted by Crippen LogP contribution is -2.62. The summed E-state index contributed by atoms with van der Waals surface area (Å²) in [5.74, 6) is -9.41. The predicted octanol–water partition coefficient (Wildman–Crippen LogP) is 5.13. The fourth-order valence-corrected chi connectivity index (χ4v) is 9.60. The lowest BCUT2D eigenvalue weighted by molar-refractivity contribution is -0.183. The molecule has 3 aromatic carbocycles. The minimum Gasteiger partial charge on any atom is -0.496 e. The topological polar surface area (TPSA) is 203 Å². The molecule has 18 heteroatoms. The molecule has 7 rings (SSSR count). The number of amides is 3. The summed E-state index contributed by atoms with van der Waals surface area (Å²) < 4.78 is 64.4. The molecule has 7 N–H and O–H groups in total. The van der Waals surface area contributed by atoms with E-state index in [1.165, 1.54) is 24.3 Å². The Kier molecular flexibility index (Phi) is 13.1. The number of carbonyl (C=O) groups is 3. The van der Waals surface area contributed by atoms with Crippen LogP contribution in [0.2, 0.25) is 0 Å². The van der Waals surface area contributed by atoms with Crippen LogP contribution < -0.4 is 26.0 Å². The number of ether oxygens (including phenoxy) is 1. The second kappa shape index (κ2) is 17.7. The zero-order valence-electron chi connectivity index (χ0n) is 35.1. The molecule has 3 saturated carbocycles. The molecule has 1 saturated heterocycles. The molecule has 4 fully saturated rings. The van der Waals surface area contributed by atoms with Crippen molar-refractivity contribution in [1.29, 1.82) is 5.53 Å². The number of primary amides is 1. The van der Waals surface area contributed by atoms with Crippen molar-refractivity contribution in [3.05, 3.63) is 76.4 Å². The standard InChI is InChI=1S/C43H53F4N7O7/c1-19-28-14-24(43(28,3)4)15-29(19)50-42(59)38-32(20(2)56)31(18-55)61-54(38)17-21-9-8-10-26(39(21)60-7)22-11-23(13-25(12-22)53(5)6)41(58)51-30(40(48)57)16-27-33(44)35(46)37(52-49)36(47)34(27)45/h8-13,19-20,24,28-32,38,49,55-56H,14-18H2,1-7H3,(H2,48,57)(H,50,59)(H,51,58)/t19-,20-,24+,28-,29-,30-,31-,32+,38?/m0/s1. The summed E-state index contributed by atoms with van der Waals surface area (Å²) in [6.07, 6.45) is -0.992. The summed E-state index contributed by atoms with van der Waals surface area (Å²) in [7, 11) is 4.87. The fourth-order valence-electron chi connectivity index (χ4n) is 9.60. The third-order valence-electron chi connectivity index (χ3n) is 13.2. The van der Waals surface area contributed by atoms with Crippen LogP contribution in [0.4, 0.5) is 28.9 Å². The van der Waals surface area contributed by atoms with Gasteiger partial charge in [0.25, 0.3) is 5.91 Å². The zero-order valence-corrected chi connectivity index (χ0v) is 35.1. The number of anilines is 1. The Morgan fingerprint density at radius 3 is 2.31 bits per heavy atom. The van der Waals surface area contributed by atoms with Crippen molar-refractivity contribution in [1.82, 2.24) is 15.7 Å². The summed E-state index contributed by atoms with van der Waals surface area (Å²) in [4.78, 5) is 48.4. The molecular formula is C43H53F4N7O7. The van der Waals surface area contributed by atoms with Crippen molar-refractivity contribution >= 4 is 29.1 Å². The maximum Gasteiger partial charge on any atom is 0.252 e. The van der Waals surface area contributed by atoms with E-state index in [0.717, 1.165) is 12.8 Å². The van der Waals surface area contributed by atoms with Gasteiger partial charge in [-0.1, -0.05) is 39.0 Å². The SMILES string of the molecule is COc1c(CN2O[C@@H](CO)[C@@H]([C@H](C)O)C2C(=O)N[C@H]2C[C@H]3C[C@@H]([C@@H]2C)C3(C)C)cccc1-c1cc(C(=O)N[C@@H](Cc2c(F)c(F)c(N=N)c(F)c2F)C(N)=O)cc(N(C)C)c1. The molecule has 61 heavy (non-hydrogen) atoms. The Labute approximate surface area is 351 Å². The fraction of sp³-hybridized carbons (Fsp3) is 0.512. The molecule has 3 aliphatic carbocycles. The third kappa shape index (κ3) is 8.42. The lowest BCUT2D eigenvalue weighted by Gasteiger charge is -2.62. The van der Waals surface area contributed by atoms with Gasteiger partial charge in [0.15, 0.2) is 29.0 Å². The van der Waals surface area contributed by atoms with Gasteiger partial charge in [-0.05, 0) is 66.7 Å². The molecule has 14 nitrogen and oxygen atoms in total. The van der Waals surface area contributed by atoms with Crippen LogP contribution in [0.25, 0.3) is 11.1 Å². The van der Waals surface area contributed by atoms with Gasteiger partial charge >= 0.3 is 0 Å². The highest BCUT2D eigenvalue weighted by Gasteiger charge is 2.57. The van der Waals surface area contributed by atoms with Crippen LogP contribution in [0.15, 0.2) is 41.5 Å². The third-order valence-corrected chi connectivity index (χ3v) is 13.2. The highest BCUT2D eigenvalue weighted by Crippen LogP contribution is 2.61. The second-order valence-electron chi connectivity index (χ2n) is 17.2. The summed E-state index contributed by atoms with van der Waals surface area (Å²) in [5.41, 5.74) is 11.8. The molecule has 1 unspecified atom stereocenters. The van der Waals surface area contributed by atoms with Gasteiger partial charge in [0.05, 0.1) is 26.4 Å². The number of benzene rings is 3. The minimum absolute atomic E-state index is 0.0144. The van der Waals surface area contributed by atoms with Crippen molar-refractivity contribution in [3.63, 3.8) is 0 Å². The smallest absolute Gasteiger partial charge is 0.252 e. The van der Waals surface area contributed by atoms with Crippen molar-refractivity contribution in [2.75, 3.05) is 32.7 Å². The summed E-state index contributed by atoms with van der Waals surface area (Å²) in [6.45, 7) is 7.81. The maximum atomic E-state index is 14.8. The Morgan fingerprint density at radius 1 is 1.10 bits per heavy atom. The van der Waals surface area contributed by atoms with Gasteiger partial charge in [-0.3, -0.25) is 19.2 Å². The number of hydrogen-bond donors (Lipinski definition) is 6. The molecule has 0 spiro atoms. The van der Waals surface area contributed by atoms with Crippen LogP contribution in [0, 0.1) is 57.9 Å². The molecule has 0 aromatic heterocycles. The number of para-hydroxylation sites is 1. The molecular weight excluding hydrogens is 803 g/mol. The molecule has 3 amide bonds. The van der Waals surface area contributed by atoms with Crippen LogP contribution in [0.3, 0.4) is 0 Å². The first-order valence-electron chi connectivity index (χ1n) is 20.1. The van der Waals surface area contributed by atoms with E-state index in [9.17, 15) is 42.2 Å². The number of rotatable bonds is 15. The number of fused-ring (bicyclic) bond motifs is 2. The van der Waals surface area contributed by atoms with Gasteiger partial charge in [-0.15, -0.1) is 0 Å². The molecule has 9 atom stereocenters. The van der Waals surface area contributed by atoms with Gasteiger partial charge in [0, 0.05) is 60.4 Å². The highest BCUT2D eigenvalue weighted by atomic mass is 19.2. The van der Waals surface area contributed by atoms with Crippen molar-refractivity contribution in [2.24, 2.45) is 39.9 Å². The largest absolute Gasteiger partial charge is 0.496 e. The summed E-state index contributed by atoms with van der Waals surface area (Å²) in [5, 5.41) is 30.8. The van der Waals surface area contributed by atoms with Gasteiger partial charge in [-0.2, -0.15) is 10.2 Å². The van der Waals surface area contributed by atoms with E-state index < -0.39 is 89.6 Å². The number of nitrogens with two attached hydrogens (primary N) is 1. The van der Waals surface area contributed by atoms with Gasteiger partial charge < -0.3 is 36.2 Å². The van der Waals surface area contributed by atoms with Crippen LogP contribution in [-0.2, 0) is 27.4 Å². The number of nitrogens with one attached hydrogen (secondary N) is 3. The molecule has 1 heterocycles. The van der Waals surface area contributed by atoms with Crippen LogP contribution in [0.1, 0.15) is 62.0 Å². The first-order chi connectivity index (χ1) is 28.7. The first kappa shape index (κ1) is 45.4. The Balaban J connectivity index is 1.30. The molecule has 1 aliphatic heterocycles. The van der Waals surface area contributed by atoms with E-state index in [1.54, 1.807) is 50.2 Å². The van der Waals surface area contributed by atoms with E-state index in [2.05, 4.69) is 36.5 Å². The first-order valence-corrected chi connectivity index (χ1v) is 20.1. The Bertz CT molecular complexity index is 2180. The average molecular weight is 856 g/mol. The highest BCUT2D eigenvalue weighted by molar-refractivity contribution is 5.99. The number of nitrogens with zero attached hydrogens (tertiary/aromatic N) is 3. The number of hydrogen-bond acceptors (Lipinski definition) is 11. The quantitative estimate of drug-likeness (QED) is 0.0681. The number of aliphatic hydroxyl groups excluding tert-OH is 2. The van der Waals surface area contributed by atoms with E-state index in [0.29, 0.717) is 40.0 Å². The molecule has 0 radical (unpaired) electrons. The Hall–Kier alpha value is -5.17. The molecule has 330 valence electrons. The van der Waals surface area contributed by atoms with E-state index in [1.807, 2.05) is 0 Å². The van der Waals surface area contributed by atoms with Crippen molar-refractivity contribution < 1.29 is 51.7 Å². The normalized spacial score (nSPS) is 25.2. The maximum absolute atomic E-state index is 14.8. The van der Waals surface area contributed by atoms with E-state index in [-0.39, 0.29) is 35.4 Å². The summed E-state index contributed by atoms with van der Waals surface area (Å²) in [6, 6.07) is 7.05. The number of halogens is 4. The second-order valence-corrected chi connectivity index (χ2v) is 17.2. The summed E-state index contributed by atoms with van der Waals surface area (Å²) >= 11 is 0. The van der Waals surface area contributed by atoms with Gasteiger partial charge in [0.1, 0.15) is 23.9 Å². The number of aliphatic hydroxyl groups is 2. The molecule has 3 aromatic rings. The minimum atomic E-state index is -1.95. The predicted molar refractivity (Wildman–Crippen MR) is 216 cm³/mol. The van der Waals surface area contributed by atoms with E-state index in [4.69, 9.17) is 20.8 Å². The number of hydroxylamine groups is 2. The van der Waals surface area contributed by atoms with Crippen molar-refractivity contribution in [2.45, 2.75) is 83.8 Å². The molecule has 2 bridgehead atoms. The van der Waals surface area contributed by atoms with Gasteiger partial charge in [-0.25, -0.2) is 23.1 Å². The average Bonchev–Trinajstić information content (AvgIpc) is 3.60. The molecule has 4 aliphatic rings. The number of carbonyl (C=O) groups excluding carboxylic acids is 3. The van der Waals surface area contributed by atoms with E-state index >= 15 is 0 Å². The monoisotopic (exact) mass is 855 g/mol. The van der Waals surface area contributed by atoms with Gasteiger partial charge in [0.2, 0.25) is 11.8 Å². The lowest BCUT2D eigenvalue weighted by atomic mass is 9.45. The van der Waals surface area contributed by atoms with Crippen LogP contribution in [0.5, 0.6) is 5.75 Å². The number of methoxy groups -OCH3 is 1.